The quantitative estimate of drug-likeness (QED) is 0.775. The van der Waals surface area contributed by atoms with E-state index in [1.807, 2.05) is 24.3 Å². The third-order valence-electron chi connectivity index (χ3n) is 3.85. The highest BCUT2D eigenvalue weighted by Gasteiger charge is 2.25. The maximum atomic E-state index is 5.66. The average molecular weight is 284 g/mol. The number of hydrogen-bond donors (Lipinski definition) is 1. The van der Waals surface area contributed by atoms with Crippen molar-refractivity contribution < 1.29 is 8.83 Å². The molecule has 1 saturated carbocycles. The number of oxazole rings is 1. The molecule has 0 radical (unpaired) electrons. The van der Waals surface area contributed by atoms with Crippen molar-refractivity contribution in [1.82, 2.24) is 15.2 Å². The van der Waals surface area contributed by atoms with Gasteiger partial charge in [0.1, 0.15) is 5.52 Å². The number of fused-ring (bicyclic) bond motifs is 1. The van der Waals surface area contributed by atoms with E-state index in [1.54, 1.807) is 0 Å². The number of hydrogen-bond acceptors (Lipinski definition) is 6. The van der Waals surface area contributed by atoms with Crippen LogP contribution >= 0.6 is 0 Å². The maximum Gasteiger partial charge on any atom is 0.315 e. The van der Waals surface area contributed by atoms with Crippen molar-refractivity contribution in [1.29, 1.82) is 0 Å². The van der Waals surface area contributed by atoms with Crippen LogP contribution in [0.25, 0.3) is 11.1 Å². The van der Waals surface area contributed by atoms with Crippen LogP contribution in [0.2, 0.25) is 0 Å². The highest BCUT2D eigenvalue weighted by Crippen LogP contribution is 2.35. The lowest BCUT2D eigenvalue weighted by Crippen LogP contribution is -2.08. The fraction of sp³-hybridized carbons (Fsp3) is 0.400. The minimum Gasteiger partial charge on any atom is -0.441 e. The van der Waals surface area contributed by atoms with Crippen LogP contribution in [0.15, 0.2) is 33.1 Å². The molecule has 6 nitrogen and oxygen atoms in total. The standard InChI is InChI=1S/C15H16N4O2/c1-2-7-12-11(6-1)17-13(20-12)8-9-16-15-19-18-14(21-15)10-4-3-5-10/h1-2,6-7,10H,3-5,8-9H2,(H,16,19). The van der Waals surface area contributed by atoms with Crippen LogP contribution in [0, 0.1) is 0 Å². The first kappa shape index (κ1) is 12.4. The van der Waals surface area contributed by atoms with Crippen LogP contribution in [0.4, 0.5) is 6.01 Å². The number of aromatic nitrogens is 3. The molecule has 0 bridgehead atoms. The van der Waals surface area contributed by atoms with Crippen LogP contribution in [0.1, 0.15) is 37.0 Å². The van der Waals surface area contributed by atoms with Gasteiger partial charge in [-0.25, -0.2) is 4.98 Å². The largest absolute Gasteiger partial charge is 0.441 e. The highest BCUT2D eigenvalue weighted by molar-refractivity contribution is 5.72. The molecule has 21 heavy (non-hydrogen) atoms. The Hall–Kier alpha value is -2.37. The van der Waals surface area contributed by atoms with E-state index in [9.17, 15) is 0 Å². The summed E-state index contributed by atoms with van der Waals surface area (Å²) in [5.41, 5.74) is 1.70. The summed E-state index contributed by atoms with van der Waals surface area (Å²) in [5, 5.41) is 11.2. The molecule has 2 aromatic heterocycles. The van der Waals surface area contributed by atoms with E-state index in [0.29, 0.717) is 30.8 Å². The molecular weight excluding hydrogens is 268 g/mol. The van der Waals surface area contributed by atoms with Crippen molar-refractivity contribution in [2.75, 3.05) is 11.9 Å². The Morgan fingerprint density at radius 1 is 1.14 bits per heavy atom. The molecule has 1 fully saturated rings. The van der Waals surface area contributed by atoms with Gasteiger partial charge in [-0.3, -0.25) is 0 Å². The van der Waals surface area contributed by atoms with Crippen molar-refractivity contribution in [2.45, 2.75) is 31.6 Å². The van der Waals surface area contributed by atoms with Gasteiger partial charge in [-0.05, 0) is 25.0 Å². The fourth-order valence-electron chi connectivity index (χ4n) is 2.43. The summed E-state index contributed by atoms with van der Waals surface area (Å²) in [6, 6.07) is 8.23. The number of nitrogens with one attached hydrogen (secondary N) is 1. The summed E-state index contributed by atoms with van der Waals surface area (Å²) in [6.07, 6.45) is 4.25. The van der Waals surface area contributed by atoms with Gasteiger partial charge >= 0.3 is 6.01 Å². The Labute approximate surface area is 121 Å². The van der Waals surface area contributed by atoms with E-state index in [2.05, 4.69) is 20.5 Å². The predicted octanol–water partition coefficient (Wildman–Crippen LogP) is 3.13. The number of anilines is 1. The van der Waals surface area contributed by atoms with E-state index in [-0.39, 0.29) is 0 Å². The van der Waals surface area contributed by atoms with Crippen molar-refractivity contribution in [3.05, 3.63) is 36.0 Å². The van der Waals surface area contributed by atoms with Crippen LogP contribution in [-0.2, 0) is 6.42 Å². The molecule has 0 spiro atoms. The summed E-state index contributed by atoms with van der Waals surface area (Å²) in [6.45, 7) is 0.652. The smallest absolute Gasteiger partial charge is 0.315 e. The van der Waals surface area contributed by atoms with Crippen LogP contribution in [0.3, 0.4) is 0 Å². The van der Waals surface area contributed by atoms with E-state index >= 15 is 0 Å². The molecule has 1 aliphatic rings. The van der Waals surface area contributed by atoms with Gasteiger partial charge in [0.15, 0.2) is 11.5 Å². The first-order valence-corrected chi connectivity index (χ1v) is 7.30. The Bertz CT molecular complexity index is 712. The molecule has 108 valence electrons. The monoisotopic (exact) mass is 284 g/mol. The zero-order valence-electron chi connectivity index (χ0n) is 11.6. The normalized spacial score (nSPS) is 15.2. The minimum atomic E-state index is 0.463. The Kier molecular flexibility index (Phi) is 3.06. The third kappa shape index (κ3) is 2.49. The van der Waals surface area contributed by atoms with Gasteiger partial charge in [-0.2, -0.15) is 0 Å². The van der Waals surface area contributed by atoms with Gasteiger partial charge in [0.25, 0.3) is 0 Å². The van der Waals surface area contributed by atoms with Crippen molar-refractivity contribution >= 4 is 17.1 Å². The van der Waals surface area contributed by atoms with Crippen LogP contribution in [0.5, 0.6) is 0 Å². The topological polar surface area (TPSA) is 77.0 Å². The van der Waals surface area contributed by atoms with Gasteiger partial charge in [-0.1, -0.05) is 23.7 Å². The summed E-state index contributed by atoms with van der Waals surface area (Å²) in [7, 11) is 0. The minimum absolute atomic E-state index is 0.463. The van der Waals surface area contributed by atoms with Gasteiger partial charge in [0.2, 0.25) is 5.89 Å². The SMILES string of the molecule is c1ccc2oc(CCNc3nnc(C4CCC4)o3)nc2c1. The summed E-state index contributed by atoms with van der Waals surface area (Å²) in [5.74, 6) is 1.93. The molecule has 3 aromatic rings. The Balaban J connectivity index is 1.35. The molecule has 4 rings (SSSR count). The molecular formula is C15H16N4O2. The van der Waals surface area contributed by atoms with Crippen molar-refractivity contribution in [3.8, 4) is 0 Å². The Morgan fingerprint density at radius 3 is 2.86 bits per heavy atom. The lowest BCUT2D eigenvalue weighted by molar-refractivity contribution is 0.338. The molecule has 0 saturated heterocycles. The van der Waals surface area contributed by atoms with Gasteiger partial charge in [0.05, 0.1) is 0 Å². The number of nitrogens with zero attached hydrogens (tertiary/aromatic N) is 3. The fourth-order valence-corrected chi connectivity index (χ4v) is 2.43. The number of benzene rings is 1. The third-order valence-corrected chi connectivity index (χ3v) is 3.85. The molecule has 1 aromatic carbocycles. The molecule has 1 N–H and O–H groups in total. The molecule has 6 heteroatoms. The average Bonchev–Trinajstić information content (AvgIpc) is 3.03. The van der Waals surface area contributed by atoms with E-state index in [0.717, 1.165) is 29.8 Å². The first-order valence-electron chi connectivity index (χ1n) is 7.30. The summed E-state index contributed by atoms with van der Waals surface area (Å²) in [4.78, 5) is 4.43. The summed E-state index contributed by atoms with van der Waals surface area (Å²) < 4.78 is 11.3. The van der Waals surface area contributed by atoms with Gasteiger partial charge in [-0.15, -0.1) is 5.10 Å². The maximum absolute atomic E-state index is 5.66. The van der Waals surface area contributed by atoms with E-state index in [4.69, 9.17) is 8.83 Å². The molecule has 0 aliphatic heterocycles. The predicted molar refractivity (Wildman–Crippen MR) is 77.1 cm³/mol. The Morgan fingerprint density at radius 2 is 2.05 bits per heavy atom. The molecule has 0 amide bonds. The molecule has 1 aliphatic carbocycles. The zero-order chi connectivity index (χ0) is 14.1. The van der Waals surface area contributed by atoms with Gasteiger partial charge in [0, 0.05) is 18.9 Å². The lowest BCUT2D eigenvalue weighted by atomic mass is 9.85. The molecule has 0 unspecified atom stereocenters. The van der Waals surface area contributed by atoms with Crippen LogP contribution in [-0.4, -0.2) is 21.7 Å². The first-order chi connectivity index (χ1) is 10.4. The zero-order valence-corrected chi connectivity index (χ0v) is 11.6. The summed E-state index contributed by atoms with van der Waals surface area (Å²) >= 11 is 0. The van der Waals surface area contributed by atoms with Crippen molar-refractivity contribution in [3.63, 3.8) is 0 Å². The second-order valence-corrected chi connectivity index (χ2v) is 5.33. The number of rotatable bonds is 5. The van der Waals surface area contributed by atoms with Gasteiger partial charge < -0.3 is 14.2 Å². The number of para-hydroxylation sites is 2. The van der Waals surface area contributed by atoms with E-state index < -0.39 is 0 Å². The second-order valence-electron chi connectivity index (χ2n) is 5.33. The van der Waals surface area contributed by atoms with Crippen molar-refractivity contribution in [2.24, 2.45) is 0 Å². The molecule has 2 heterocycles. The second kappa shape index (κ2) is 5.20. The van der Waals surface area contributed by atoms with Crippen LogP contribution < -0.4 is 5.32 Å². The van der Waals surface area contributed by atoms with E-state index in [1.165, 1.54) is 6.42 Å². The lowest BCUT2D eigenvalue weighted by Gasteiger charge is -2.20. The highest BCUT2D eigenvalue weighted by atomic mass is 16.4. The molecule has 0 atom stereocenters.